The zero-order valence-corrected chi connectivity index (χ0v) is 9.89. The van der Waals surface area contributed by atoms with Gasteiger partial charge in [-0.1, -0.05) is 12.2 Å². The molecule has 3 rings (SSSR count). The molecule has 3 nitrogen and oxygen atoms in total. The van der Waals surface area contributed by atoms with E-state index in [1.165, 1.54) is 12.7 Å². The number of fused-ring (bicyclic) bond motifs is 3. The van der Waals surface area contributed by atoms with Crippen LogP contribution in [0, 0.1) is 11.8 Å². The van der Waals surface area contributed by atoms with Gasteiger partial charge in [0.2, 0.25) is 0 Å². The Morgan fingerprint density at radius 1 is 1.47 bits per heavy atom. The summed E-state index contributed by atoms with van der Waals surface area (Å²) >= 11 is 0. The van der Waals surface area contributed by atoms with E-state index in [2.05, 4.69) is 12.2 Å². The topological polar surface area (TPSA) is 39.4 Å². The lowest BCUT2D eigenvalue weighted by Gasteiger charge is -2.19. The maximum Gasteiger partial charge on any atom is 0.309 e. The summed E-state index contributed by atoms with van der Waals surface area (Å²) in [6, 6.07) is 2.01. The van der Waals surface area contributed by atoms with Crippen molar-refractivity contribution in [1.82, 2.24) is 0 Å². The first-order valence-corrected chi connectivity index (χ1v) is 6.12. The van der Waals surface area contributed by atoms with Gasteiger partial charge in [0.05, 0.1) is 19.3 Å². The highest BCUT2D eigenvalue weighted by Crippen LogP contribution is 2.48. The average Bonchev–Trinajstić information content (AvgIpc) is 2.92. The van der Waals surface area contributed by atoms with Crippen LogP contribution in [-0.2, 0) is 16.0 Å². The summed E-state index contributed by atoms with van der Waals surface area (Å²) in [5, 5.41) is 0. The number of furan rings is 1. The lowest BCUT2D eigenvalue weighted by atomic mass is 9.86. The number of ether oxygens (including phenoxy) is 1. The maximum absolute atomic E-state index is 11.8. The van der Waals surface area contributed by atoms with Crippen molar-refractivity contribution in [3.05, 3.63) is 35.8 Å². The van der Waals surface area contributed by atoms with Gasteiger partial charge in [0.15, 0.2) is 0 Å². The van der Waals surface area contributed by atoms with Crippen molar-refractivity contribution in [2.45, 2.75) is 25.2 Å². The van der Waals surface area contributed by atoms with Crippen molar-refractivity contribution in [3.63, 3.8) is 0 Å². The van der Waals surface area contributed by atoms with E-state index in [1.54, 1.807) is 6.26 Å². The van der Waals surface area contributed by atoms with Gasteiger partial charge in [-0.15, -0.1) is 0 Å². The second-order valence-corrected chi connectivity index (χ2v) is 4.84. The number of carbonyl (C=O) groups is 1. The third-order valence-corrected chi connectivity index (χ3v) is 4.01. The number of hydrogen-bond donors (Lipinski definition) is 0. The van der Waals surface area contributed by atoms with Crippen LogP contribution >= 0.6 is 0 Å². The molecule has 1 heterocycles. The number of esters is 1. The number of carbonyl (C=O) groups excluding carboxylic acids is 1. The molecule has 0 bridgehead atoms. The van der Waals surface area contributed by atoms with E-state index in [1.807, 2.05) is 6.07 Å². The van der Waals surface area contributed by atoms with Crippen LogP contribution in [0.5, 0.6) is 0 Å². The molecule has 2 aliphatic rings. The van der Waals surface area contributed by atoms with Gasteiger partial charge in [-0.05, 0) is 36.8 Å². The monoisotopic (exact) mass is 232 g/mol. The molecule has 17 heavy (non-hydrogen) atoms. The van der Waals surface area contributed by atoms with Gasteiger partial charge in [0, 0.05) is 5.92 Å². The van der Waals surface area contributed by atoms with E-state index in [0.29, 0.717) is 5.92 Å². The van der Waals surface area contributed by atoms with Crippen LogP contribution in [0.1, 0.15) is 30.1 Å². The first-order valence-electron chi connectivity index (χ1n) is 6.12. The Morgan fingerprint density at radius 3 is 3.18 bits per heavy atom. The number of hydrogen-bond acceptors (Lipinski definition) is 3. The fraction of sp³-hybridized carbons (Fsp3) is 0.500. The summed E-state index contributed by atoms with van der Waals surface area (Å²) in [6.45, 7) is 0. The van der Waals surface area contributed by atoms with Gasteiger partial charge >= 0.3 is 5.97 Å². The van der Waals surface area contributed by atoms with Crippen LogP contribution in [0.3, 0.4) is 0 Å². The second kappa shape index (κ2) is 4.06. The fourth-order valence-electron chi connectivity index (χ4n) is 3.22. The van der Waals surface area contributed by atoms with Gasteiger partial charge in [-0.25, -0.2) is 0 Å². The normalized spacial score (nSPS) is 30.5. The van der Waals surface area contributed by atoms with E-state index in [-0.39, 0.29) is 17.8 Å². The van der Waals surface area contributed by atoms with Crippen molar-refractivity contribution in [2.75, 3.05) is 7.11 Å². The molecular formula is C14H16O3. The molecular weight excluding hydrogens is 216 g/mol. The third-order valence-electron chi connectivity index (χ3n) is 4.01. The maximum atomic E-state index is 11.8. The average molecular weight is 232 g/mol. The van der Waals surface area contributed by atoms with Crippen LogP contribution in [-0.4, -0.2) is 13.1 Å². The van der Waals surface area contributed by atoms with Gasteiger partial charge in [-0.3, -0.25) is 4.79 Å². The van der Waals surface area contributed by atoms with Gasteiger partial charge in [0.25, 0.3) is 0 Å². The highest BCUT2D eigenvalue weighted by molar-refractivity contribution is 5.74. The van der Waals surface area contributed by atoms with Crippen LogP contribution in [0.4, 0.5) is 0 Å². The van der Waals surface area contributed by atoms with Crippen LogP contribution < -0.4 is 0 Å². The predicted molar refractivity (Wildman–Crippen MR) is 62.5 cm³/mol. The summed E-state index contributed by atoms with van der Waals surface area (Å²) < 4.78 is 10.5. The predicted octanol–water partition coefficient (Wildman–Crippen LogP) is 2.67. The molecule has 0 unspecified atom stereocenters. The fourth-order valence-corrected chi connectivity index (χ4v) is 3.22. The van der Waals surface area contributed by atoms with Gasteiger partial charge in [0.1, 0.15) is 5.76 Å². The Balaban J connectivity index is 2.01. The summed E-state index contributed by atoms with van der Waals surface area (Å²) in [4.78, 5) is 11.8. The molecule has 3 heteroatoms. The summed E-state index contributed by atoms with van der Waals surface area (Å²) in [7, 11) is 1.46. The van der Waals surface area contributed by atoms with Crippen LogP contribution in [0.2, 0.25) is 0 Å². The molecule has 1 saturated carbocycles. The van der Waals surface area contributed by atoms with Gasteiger partial charge in [-0.2, -0.15) is 0 Å². The lowest BCUT2D eigenvalue weighted by Crippen LogP contribution is -2.21. The molecule has 0 saturated heterocycles. The minimum absolute atomic E-state index is 0.0438. The molecule has 1 fully saturated rings. The van der Waals surface area contributed by atoms with Crippen LogP contribution in [0.25, 0.3) is 0 Å². The minimum Gasteiger partial charge on any atom is -0.469 e. The van der Waals surface area contributed by atoms with Crippen molar-refractivity contribution < 1.29 is 13.9 Å². The number of methoxy groups -OCH3 is 1. The lowest BCUT2D eigenvalue weighted by molar-refractivity contribution is -0.146. The quantitative estimate of drug-likeness (QED) is 0.552. The Morgan fingerprint density at radius 2 is 2.35 bits per heavy atom. The van der Waals surface area contributed by atoms with Crippen molar-refractivity contribution in [3.8, 4) is 0 Å². The molecule has 1 aromatic heterocycles. The summed E-state index contributed by atoms with van der Waals surface area (Å²) in [6.07, 6.45) is 9.01. The van der Waals surface area contributed by atoms with Gasteiger partial charge < -0.3 is 9.15 Å². The van der Waals surface area contributed by atoms with E-state index in [4.69, 9.17) is 9.15 Å². The molecule has 0 aliphatic heterocycles. The minimum atomic E-state index is -0.102. The summed E-state index contributed by atoms with van der Waals surface area (Å²) in [5.74, 6) is 1.44. The highest BCUT2D eigenvalue weighted by Gasteiger charge is 2.43. The Kier molecular flexibility index (Phi) is 2.54. The molecule has 0 amide bonds. The van der Waals surface area contributed by atoms with E-state index < -0.39 is 0 Å². The second-order valence-electron chi connectivity index (χ2n) is 4.84. The smallest absolute Gasteiger partial charge is 0.309 e. The first kappa shape index (κ1) is 10.6. The van der Waals surface area contributed by atoms with E-state index in [9.17, 15) is 4.79 Å². The third kappa shape index (κ3) is 1.61. The molecule has 2 aliphatic carbocycles. The zero-order valence-electron chi connectivity index (χ0n) is 9.89. The molecule has 0 radical (unpaired) electrons. The molecule has 0 spiro atoms. The molecule has 0 aromatic carbocycles. The van der Waals surface area contributed by atoms with Crippen molar-refractivity contribution in [2.24, 2.45) is 11.8 Å². The van der Waals surface area contributed by atoms with E-state index in [0.717, 1.165) is 25.0 Å². The number of rotatable bonds is 1. The largest absolute Gasteiger partial charge is 0.469 e. The zero-order chi connectivity index (χ0) is 11.8. The molecule has 3 atom stereocenters. The Bertz CT molecular complexity index is 458. The van der Waals surface area contributed by atoms with Crippen molar-refractivity contribution in [1.29, 1.82) is 0 Å². The summed E-state index contributed by atoms with van der Waals surface area (Å²) in [5.41, 5.74) is 1.21. The Hall–Kier alpha value is -1.51. The molecule has 0 N–H and O–H groups in total. The SMILES string of the molecule is COC(=O)[C@H]1CC[C@H]2C=CCc3ccoc3[C@@H]21. The number of allylic oxidation sites excluding steroid dienone is 2. The van der Waals surface area contributed by atoms with Crippen LogP contribution in [0.15, 0.2) is 28.9 Å². The molecule has 90 valence electrons. The van der Waals surface area contributed by atoms with E-state index >= 15 is 0 Å². The first-order chi connectivity index (χ1) is 8.31. The highest BCUT2D eigenvalue weighted by atomic mass is 16.5. The molecule has 1 aromatic rings. The standard InChI is InChI=1S/C14H16O3/c1-16-14(15)11-6-5-9-3-2-4-10-7-8-17-13(10)12(9)11/h2-3,7-9,11-12H,4-6H2,1H3/t9-,11+,12+/m1/s1. The Labute approximate surface area is 100 Å². The van der Waals surface area contributed by atoms with Crippen molar-refractivity contribution >= 4 is 5.97 Å².